The molecule has 2 heterocycles. The van der Waals surface area contributed by atoms with Gasteiger partial charge in [-0.3, -0.25) is 4.79 Å². The highest BCUT2D eigenvalue weighted by Crippen LogP contribution is 2.29. The topological polar surface area (TPSA) is 47.6 Å². The summed E-state index contributed by atoms with van der Waals surface area (Å²) in [4.78, 5) is 12.5. The Morgan fingerprint density at radius 1 is 1.29 bits per heavy atom. The van der Waals surface area contributed by atoms with Gasteiger partial charge in [-0.25, -0.2) is 4.39 Å². The number of benzene rings is 1. The molecule has 2 bridgehead atoms. The molecule has 1 N–H and O–H groups in total. The third-order valence-corrected chi connectivity index (χ3v) is 4.12. The minimum atomic E-state index is -1.07. The van der Waals surface area contributed by atoms with Crippen LogP contribution >= 0.6 is 0 Å². The van der Waals surface area contributed by atoms with Gasteiger partial charge in [-0.1, -0.05) is 0 Å². The van der Waals surface area contributed by atoms with Gasteiger partial charge in [-0.05, 0) is 25.0 Å². The minimum absolute atomic E-state index is 0.152. The predicted molar refractivity (Wildman–Crippen MR) is 71.5 cm³/mol. The molecule has 2 atom stereocenters. The first-order chi connectivity index (χ1) is 10.1. The summed E-state index contributed by atoms with van der Waals surface area (Å²) in [6.07, 6.45) is 1.30. The van der Waals surface area contributed by atoms with Crippen LogP contribution in [0, 0.1) is 17.6 Å². The number of ether oxygens (including phenoxy) is 2. The van der Waals surface area contributed by atoms with Gasteiger partial charge in [-0.15, -0.1) is 0 Å². The number of hydrogen-bond donors (Lipinski definition) is 1. The van der Waals surface area contributed by atoms with Crippen LogP contribution in [0.15, 0.2) is 12.1 Å². The number of fused-ring (bicyclic) bond motifs is 2. The first-order valence-electron chi connectivity index (χ1n) is 6.99. The van der Waals surface area contributed by atoms with Gasteiger partial charge in [0, 0.05) is 23.6 Å². The first kappa shape index (κ1) is 14.4. The maximum atomic E-state index is 13.5. The number of carbonyl (C=O) groups excluding carboxylic acids is 1. The van der Waals surface area contributed by atoms with Crippen molar-refractivity contribution in [2.45, 2.75) is 24.9 Å². The summed E-state index contributed by atoms with van der Waals surface area (Å²) in [5.41, 5.74) is 0.164. The van der Waals surface area contributed by atoms with Gasteiger partial charge in [0.25, 0.3) is 0 Å². The Hall–Kier alpha value is -1.53. The maximum Gasteiger partial charge on any atom is 0.200 e. The summed E-state index contributed by atoms with van der Waals surface area (Å²) >= 11 is 0. The van der Waals surface area contributed by atoms with E-state index in [-0.39, 0.29) is 35.1 Å². The molecular formula is C15H17F2NO3. The lowest BCUT2D eigenvalue weighted by Crippen LogP contribution is -2.55. The van der Waals surface area contributed by atoms with Crippen LogP contribution < -0.4 is 10.1 Å². The van der Waals surface area contributed by atoms with Crippen molar-refractivity contribution in [2.75, 3.05) is 20.3 Å². The summed E-state index contributed by atoms with van der Waals surface area (Å²) in [7, 11) is 1.25. The van der Waals surface area contributed by atoms with E-state index in [9.17, 15) is 13.6 Å². The van der Waals surface area contributed by atoms with Crippen molar-refractivity contribution in [2.24, 2.45) is 5.92 Å². The number of nitrogens with one attached hydrogen (secondary N) is 1. The van der Waals surface area contributed by atoms with E-state index in [1.807, 2.05) is 0 Å². The minimum Gasteiger partial charge on any atom is -0.494 e. The molecular weight excluding hydrogens is 280 g/mol. The van der Waals surface area contributed by atoms with Crippen LogP contribution in [-0.2, 0) is 4.74 Å². The normalized spacial score (nSPS) is 28.2. The monoisotopic (exact) mass is 297 g/mol. The number of hydrogen-bond acceptors (Lipinski definition) is 4. The summed E-state index contributed by atoms with van der Waals surface area (Å²) in [5.74, 6) is -2.72. The van der Waals surface area contributed by atoms with E-state index in [2.05, 4.69) is 5.32 Å². The molecule has 2 fully saturated rings. The second-order valence-corrected chi connectivity index (χ2v) is 5.60. The first-order valence-corrected chi connectivity index (χ1v) is 6.99. The van der Waals surface area contributed by atoms with Crippen molar-refractivity contribution >= 4 is 5.78 Å². The number of rotatable bonds is 3. The molecule has 2 aliphatic rings. The van der Waals surface area contributed by atoms with E-state index in [4.69, 9.17) is 9.47 Å². The summed E-state index contributed by atoms with van der Waals surface area (Å²) in [6, 6.07) is 2.53. The van der Waals surface area contributed by atoms with Crippen LogP contribution in [-0.4, -0.2) is 38.2 Å². The largest absolute Gasteiger partial charge is 0.494 e. The molecule has 4 nitrogen and oxygen atoms in total. The van der Waals surface area contributed by atoms with Crippen LogP contribution in [0.1, 0.15) is 23.2 Å². The molecule has 2 saturated heterocycles. The van der Waals surface area contributed by atoms with Gasteiger partial charge < -0.3 is 14.8 Å². The van der Waals surface area contributed by atoms with E-state index in [1.165, 1.54) is 13.2 Å². The zero-order valence-corrected chi connectivity index (χ0v) is 11.7. The maximum absolute atomic E-state index is 13.5. The lowest BCUT2D eigenvalue weighted by molar-refractivity contribution is 0.00951. The van der Waals surface area contributed by atoms with E-state index < -0.39 is 11.6 Å². The van der Waals surface area contributed by atoms with Gasteiger partial charge in [0.2, 0.25) is 5.82 Å². The van der Waals surface area contributed by atoms with E-state index in [0.29, 0.717) is 26.1 Å². The zero-order valence-electron chi connectivity index (χ0n) is 11.7. The fourth-order valence-electron chi connectivity index (χ4n) is 3.14. The van der Waals surface area contributed by atoms with E-state index >= 15 is 0 Å². The fourth-order valence-corrected chi connectivity index (χ4v) is 3.14. The molecule has 6 heteroatoms. The molecule has 0 aromatic heterocycles. The number of ketones is 1. The van der Waals surface area contributed by atoms with Crippen LogP contribution in [0.5, 0.6) is 5.75 Å². The molecule has 21 heavy (non-hydrogen) atoms. The standard InChI is InChI=1S/C15H17F2NO3/c1-20-13-5-9(4-12(16)14(13)17)15(19)8-2-10-6-21-7-11(3-8)18-10/h4-5,8,10-11,18H,2-3,6-7H2,1H3. The van der Waals surface area contributed by atoms with Gasteiger partial charge in [0.15, 0.2) is 17.3 Å². The lowest BCUT2D eigenvalue weighted by atomic mass is 9.82. The second kappa shape index (κ2) is 5.69. The van der Waals surface area contributed by atoms with Crippen molar-refractivity contribution in [3.63, 3.8) is 0 Å². The molecule has 0 saturated carbocycles. The van der Waals surface area contributed by atoms with Crippen molar-refractivity contribution in [1.29, 1.82) is 0 Å². The molecule has 114 valence electrons. The Labute approximate surface area is 121 Å². The summed E-state index contributed by atoms with van der Waals surface area (Å²) in [5, 5.41) is 3.40. The average molecular weight is 297 g/mol. The number of halogens is 2. The summed E-state index contributed by atoms with van der Waals surface area (Å²) in [6.45, 7) is 1.17. The highest BCUT2D eigenvalue weighted by molar-refractivity contribution is 5.98. The van der Waals surface area contributed by atoms with Crippen molar-refractivity contribution in [1.82, 2.24) is 5.32 Å². The number of morpholine rings is 1. The quantitative estimate of drug-likeness (QED) is 0.866. The molecule has 2 aliphatic heterocycles. The molecule has 0 spiro atoms. The van der Waals surface area contributed by atoms with Crippen LogP contribution in [0.3, 0.4) is 0 Å². The lowest BCUT2D eigenvalue weighted by Gasteiger charge is -2.39. The average Bonchev–Trinajstić information content (AvgIpc) is 2.48. The number of piperidine rings is 1. The molecule has 1 aromatic rings. The molecule has 3 rings (SSSR count). The Morgan fingerprint density at radius 3 is 2.57 bits per heavy atom. The Morgan fingerprint density at radius 2 is 1.95 bits per heavy atom. The number of methoxy groups -OCH3 is 1. The van der Waals surface area contributed by atoms with Crippen molar-refractivity contribution < 1.29 is 23.0 Å². The van der Waals surface area contributed by atoms with E-state index in [1.54, 1.807) is 0 Å². The highest BCUT2D eigenvalue weighted by atomic mass is 19.2. The van der Waals surface area contributed by atoms with Gasteiger partial charge in [-0.2, -0.15) is 4.39 Å². The van der Waals surface area contributed by atoms with Crippen LogP contribution in [0.25, 0.3) is 0 Å². The molecule has 0 aliphatic carbocycles. The Balaban J connectivity index is 1.83. The SMILES string of the molecule is COc1cc(C(=O)C2CC3COCC(C2)N3)cc(F)c1F. The van der Waals surface area contributed by atoms with Crippen LogP contribution in [0.2, 0.25) is 0 Å². The molecule has 1 aromatic carbocycles. The Bertz CT molecular complexity index is 552. The number of carbonyl (C=O) groups is 1. The molecule has 0 amide bonds. The third-order valence-electron chi connectivity index (χ3n) is 4.12. The van der Waals surface area contributed by atoms with Gasteiger partial charge in [0.1, 0.15) is 0 Å². The highest BCUT2D eigenvalue weighted by Gasteiger charge is 2.36. The molecule has 0 radical (unpaired) electrons. The fraction of sp³-hybridized carbons (Fsp3) is 0.533. The van der Waals surface area contributed by atoms with Crippen molar-refractivity contribution in [3.05, 3.63) is 29.3 Å². The Kier molecular flexibility index (Phi) is 3.91. The van der Waals surface area contributed by atoms with Gasteiger partial charge in [0.05, 0.1) is 20.3 Å². The predicted octanol–water partition coefficient (Wildman–Crippen LogP) is 1.92. The smallest absolute Gasteiger partial charge is 0.200 e. The summed E-state index contributed by atoms with van der Waals surface area (Å²) < 4.78 is 37.2. The van der Waals surface area contributed by atoms with Crippen LogP contribution in [0.4, 0.5) is 8.78 Å². The third kappa shape index (κ3) is 2.78. The second-order valence-electron chi connectivity index (χ2n) is 5.60. The number of Topliss-reactive ketones (excluding diaryl/α,β-unsaturated/α-hetero) is 1. The van der Waals surface area contributed by atoms with Gasteiger partial charge >= 0.3 is 0 Å². The zero-order chi connectivity index (χ0) is 15.0. The van der Waals surface area contributed by atoms with Crippen molar-refractivity contribution in [3.8, 4) is 5.75 Å². The molecule has 2 unspecified atom stereocenters. The van der Waals surface area contributed by atoms with E-state index in [0.717, 1.165) is 6.07 Å².